The number of amides is 1. The van der Waals surface area contributed by atoms with Crippen molar-refractivity contribution in [3.63, 3.8) is 0 Å². The van der Waals surface area contributed by atoms with Crippen LogP contribution in [0.4, 0.5) is 11.4 Å². The average Bonchev–Trinajstić information content (AvgIpc) is 2.46. The van der Waals surface area contributed by atoms with E-state index in [4.69, 9.17) is 0 Å². The van der Waals surface area contributed by atoms with Crippen LogP contribution in [0.15, 0.2) is 35.4 Å². The zero-order valence-corrected chi connectivity index (χ0v) is 14.9. The Kier molecular flexibility index (Phi) is 5.60. The van der Waals surface area contributed by atoms with Crippen LogP contribution in [-0.2, 0) is 4.79 Å². The molecule has 1 N–H and O–H groups in total. The van der Waals surface area contributed by atoms with Crippen molar-refractivity contribution < 1.29 is 4.79 Å². The number of nitrogens with one attached hydrogen (secondary N) is 1. The molecule has 0 aliphatic carbocycles. The highest BCUT2D eigenvalue weighted by molar-refractivity contribution is 8.00. The number of hydrogen-bond donors (Lipinski definition) is 1. The van der Waals surface area contributed by atoms with Crippen molar-refractivity contribution >= 4 is 29.0 Å². The predicted octanol–water partition coefficient (Wildman–Crippen LogP) is 3.28. The van der Waals surface area contributed by atoms with Crippen LogP contribution >= 0.6 is 11.8 Å². The number of aromatic nitrogens is 2. The summed E-state index contributed by atoms with van der Waals surface area (Å²) in [5.41, 5.74) is 2.80. The van der Waals surface area contributed by atoms with Crippen molar-refractivity contribution in [2.75, 3.05) is 24.3 Å². The Labute approximate surface area is 141 Å². The van der Waals surface area contributed by atoms with E-state index in [0.29, 0.717) is 0 Å². The highest BCUT2D eigenvalue weighted by atomic mass is 32.2. The van der Waals surface area contributed by atoms with Crippen molar-refractivity contribution in [3.05, 3.63) is 41.9 Å². The van der Waals surface area contributed by atoms with E-state index in [1.165, 1.54) is 11.8 Å². The lowest BCUT2D eigenvalue weighted by Gasteiger charge is -2.14. The molecule has 0 bridgehead atoms. The highest BCUT2D eigenvalue weighted by Crippen LogP contribution is 2.23. The van der Waals surface area contributed by atoms with Gasteiger partial charge >= 0.3 is 0 Å². The number of aryl methyl sites for hydroxylation is 2. The predicted molar refractivity (Wildman–Crippen MR) is 96.2 cm³/mol. The van der Waals surface area contributed by atoms with E-state index in [2.05, 4.69) is 15.3 Å². The molecular weight excluding hydrogens is 308 g/mol. The fraction of sp³-hybridized carbons (Fsp3) is 0.353. The fourth-order valence-electron chi connectivity index (χ4n) is 2.06. The lowest BCUT2D eigenvalue weighted by Crippen LogP contribution is -2.22. The van der Waals surface area contributed by atoms with Crippen molar-refractivity contribution in [3.8, 4) is 0 Å². The van der Waals surface area contributed by atoms with Gasteiger partial charge in [-0.25, -0.2) is 9.97 Å². The molecule has 1 unspecified atom stereocenters. The summed E-state index contributed by atoms with van der Waals surface area (Å²) in [6, 6.07) is 9.66. The molecule has 0 aliphatic rings. The molecule has 5 nitrogen and oxygen atoms in total. The van der Waals surface area contributed by atoms with E-state index in [9.17, 15) is 4.79 Å². The maximum Gasteiger partial charge on any atom is 0.237 e. The highest BCUT2D eigenvalue weighted by Gasteiger charge is 2.16. The lowest BCUT2D eigenvalue weighted by atomic mass is 10.2. The Morgan fingerprint density at radius 3 is 2.39 bits per heavy atom. The molecule has 122 valence electrons. The first-order valence-corrected chi connectivity index (χ1v) is 8.30. The molecule has 0 fully saturated rings. The lowest BCUT2D eigenvalue weighted by molar-refractivity contribution is -0.115. The molecule has 2 aromatic rings. The quantitative estimate of drug-likeness (QED) is 0.673. The Hall–Kier alpha value is -2.08. The van der Waals surface area contributed by atoms with Crippen LogP contribution in [-0.4, -0.2) is 35.2 Å². The zero-order valence-electron chi connectivity index (χ0n) is 14.1. The van der Waals surface area contributed by atoms with Gasteiger partial charge in [0.2, 0.25) is 5.91 Å². The molecule has 0 saturated carbocycles. The summed E-state index contributed by atoms with van der Waals surface area (Å²) in [6.45, 7) is 5.66. The van der Waals surface area contributed by atoms with Gasteiger partial charge in [0.15, 0.2) is 0 Å². The summed E-state index contributed by atoms with van der Waals surface area (Å²) < 4.78 is 0. The van der Waals surface area contributed by atoms with E-state index in [1.807, 2.05) is 70.1 Å². The van der Waals surface area contributed by atoms with Crippen molar-refractivity contribution in [1.29, 1.82) is 0 Å². The molecule has 6 heteroatoms. The van der Waals surface area contributed by atoms with Gasteiger partial charge in [-0.15, -0.1) is 0 Å². The van der Waals surface area contributed by atoms with Crippen LogP contribution < -0.4 is 10.2 Å². The number of rotatable bonds is 5. The number of hydrogen-bond acceptors (Lipinski definition) is 5. The van der Waals surface area contributed by atoms with E-state index < -0.39 is 0 Å². The maximum atomic E-state index is 12.3. The second kappa shape index (κ2) is 7.46. The van der Waals surface area contributed by atoms with Gasteiger partial charge in [0.1, 0.15) is 10.9 Å². The van der Waals surface area contributed by atoms with Gasteiger partial charge in [-0.05, 0) is 51.1 Å². The molecule has 0 aliphatic heterocycles. The van der Waals surface area contributed by atoms with Crippen LogP contribution in [0.5, 0.6) is 0 Å². The number of nitrogens with zero attached hydrogens (tertiary/aromatic N) is 3. The third kappa shape index (κ3) is 4.96. The summed E-state index contributed by atoms with van der Waals surface area (Å²) in [6.07, 6.45) is 0. The molecular formula is C17H22N4OS. The Bertz CT molecular complexity index is 665. The molecule has 1 amide bonds. The number of carbonyl (C=O) groups excluding carboxylic acids is 1. The van der Waals surface area contributed by atoms with Crippen molar-refractivity contribution in [2.24, 2.45) is 0 Å². The average molecular weight is 330 g/mol. The van der Waals surface area contributed by atoms with Gasteiger partial charge < -0.3 is 10.2 Å². The minimum absolute atomic E-state index is 0.0403. The van der Waals surface area contributed by atoms with E-state index in [0.717, 1.165) is 27.9 Å². The van der Waals surface area contributed by atoms with Gasteiger partial charge in [-0.1, -0.05) is 11.8 Å². The summed E-state index contributed by atoms with van der Waals surface area (Å²) in [7, 11) is 3.97. The Morgan fingerprint density at radius 2 is 1.83 bits per heavy atom. The van der Waals surface area contributed by atoms with E-state index in [1.54, 1.807) is 0 Å². The molecule has 23 heavy (non-hydrogen) atoms. The first-order chi connectivity index (χ1) is 10.8. The van der Waals surface area contributed by atoms with Gasteiger partial charge in [0.25, 0.3) is 0 Å². The SMILES string of the molecule is Cc1cc(SC(C)C(=O)Nc2ccc(N(C)C)cc2)nc(C)n1. The van der Waals surface area contributed by atoms with Gasteiger partial charge in [-0.3, -0.25) is 4.79 Å². The first kappa shape index (κ1) is 17.3. The summed E-state index contributed by atoms with van der Waals surface area (Å²) >= 11 is 1.44. The maximum absolute atomic E-state index is 12.3. The second-order valence-corrected chi connectivity index (χ2v) is 6.95. The van der Waals surface area contributed by atoms with Gasteiger partial charge in [-0.2, -0.15) is 0 Å². The Morgan fingerprint density at radius 1 is 1.17 bits per heavy atom. The van der Waals surface area contributed by atoms with Gasteiger partial charge in [0.05, 0.1) is 5.25 Å². The Balaban J connectivity index is 1.99. The van der Waals surface area contributed by atoms with Crippen LogP contribution in [0.25, 0.3) is 0 Å². The third-order valence-electron chi connectivity index (χ3n) is 3.26. The second-order valence-electron chi connectivity index (χ2n) is 5.59. The van der Waals surface area contributed by atoms with E-state index >= 15 is 0 Å². The van der Waals surface area contributed by atoms with Crippen LogP contribution in [0.2, 0.25) is 0 Å². The molecule has 0 radical (unpaired) electrons. The topological polar surface area (TPSA) is 58.1 Å². The molecule has 1 aromatic heterocycles. The summed E-state index contributed by atoms with van der Waals surface area (Å²) in [4.78, 5) is 22.9. The van der Waals surface area contributed by atoms with Gasteiger partial charge in [0, 0.05) is 31.2 Å². The monoisotopic (exact) mass is 330 g/mol. The molecule has 0 spiro atoms. The molecule has 1 atom stereocenters. The number of carbonyl (C=O) groups is 1. The minimum atomic E-state index is -0.239. The zero-order chi connectivity index (χ0) is 17.0. The minimum Gasteiger partial charge on any atom is -0.378 e. The first-order valence-electron chi connectivity index (χ1n) is 7.42. The molecule has 0 saturated heterocycles. The van der Waals surface area contributed by atoms with Crippen LogP contribution in [0, 0.1) is 13.8 Å². The fourth-order valence-corrected chi connectivity index (χ4v) is 3.02. The van der Waals surface area contributed by atoms with E-state index in [-0.39, 0.29) is 11.2 Å². The number of benzene rings is 1. The molecule has 1 aromatic carbocycles. The van der Waals surface area contributed by atoms with Crippen LogP contribution in [0.1, 0.15) is 18.4 Å². The summed E-state index contributed by atoms with van der Waals surface area (Å²) in [5.74, 6) is 0.681. The third-order valence-corrected chi connectivity index (χ3v) is 4.28. The van der Waals surface area contributed by atoms with Crippen LogP contribution in [0.3, 0.4) is 0 Å². The molecule has 2 rings (SSSR count). The normalized spacial score (nSPS) is 11.9. The van der Waals surface area contributed by atoms with Crippen molar-refractivity contribution in [2.45, 2.75) is 31.0 Å². The summed E-state index contributed by atoms with van der Waals surface area (Å²) in [5, 5.41) is 3.52. The number of thioether (sulfide) groups is 1. The largest absolute Gasteiger partial charge is 0.378 e. The number of anilines is 2. The molecule has 1 heterocycles. The van der Waals surface area contributed by atoms with Crippen molar-refractivity contribution in [1.82, 2.24) is 9.97 Å². The smallest absolute Gasteiger partial charge is 0.237 e. The standard InChI is InChI=1S/C17H22N4OS/c1-11-10-16(19-13(3)18-11)23-12(2)17(22)20-14-6-8-15(9-7-14)21(4)5/h6-10,12H,1-5H3,(H,20,22).